The molecule has 0 amide bonds. The van der Waals surface area contributed by atoms with Gasteiger partial charge in [0.15, 0.2) is 0 Å². The van der Waals surface area contributed by atoms with Crippen LogP contribution in [-0.2, 0) is 12.8 Å². The zero-order valence-corrected chi connectivity index (χ0v) is 22.7. The van der Waals surface area contributed by atoms with Gasteiger partial charge in [-0.15, -0.1) is 12.8 Å². The molecule has 0 radical (unpaired) electrons. The molecule has 0 bridgehead atoms. The molecular formula is C31H44N2S. The quantitative estimate of drug-likeness (QED) is 0.369. The average Bonchev–Trinajstić information content (AvgIpc) is 3.71. The summed E-state index contributed by atoms with van der Waals surface area (Å²) in [6.07, 6.45) is 6.07. The third-order valence-electron chi connectivity index (χ3n) is 5.88. The zero-order chi connectivity index (χ0) is 25.1. The fraction of sp³-hybridized carbons (Fsp3) is 0.419. The van der Waals surface area contributed by atoms with Crippen LogP contribution >= 0.6 is 12.8 Å². The predicted molar refractivity (Wildman–Crippen MR) is 156 cm³/mol. The monoisotopic (exact) mass is 476 g/mol. The van der Waals surface area contributed by atoms with Crippen LogP contribution in [0.3, 0.4) is 0 Å². The van der Waals surface area contributed by atoms with Gasteiger partial charge in [-0.05, 0) is 77.5 Å². The van der Waals surface area contributed by atoms with Crippen LogP contribution in [0.15, 0.2) is 72.9 Å². The van der Waals surface area contributed by atoms with E-state index in [1.807, 2.05) is 13.8 Å². The summed E-state index contributed by atoms with van der Waals surface area (Å²) < 4.78 is 0. The van der Waals surface area contributed by atoms with Crippen LogP contribution < -0.4 is 10.0 Å². The molecular weight excluding hydrogens is 432 g/mol. The minimum atomic E-state index is 0.734. The van der Waals surface area contributed by atoms with E-state index in [1.165, 1.54) is 64.5 Å². The lowest BCUT2D eigenvalue weighted by atomic mass is 9.95. The first-order chi connectivity index (χ1) is 16.5. The van der Waals surface area contributed by atoms with Gasteiger partial charge >= 0.3 is 0 Å². The minimum absolute atomic E-state index is 0.734. The zero-order valence-electron chi connectivity index (χ0n) is 21.8. The number of allylic oxidation sites excluding steroid dienone is 1. The molecule has 3 aromatic carbocycles. The number of nitrogens with two attached hydrogens (primary N) is 1. The molecule has 2 N–H and O–H groups in total. The SMILES string of the molecule is C=C(C1CC1)N1CCCc2cc(Cc3ccc4ccccc4c3)ccc21.CC.CC(C)C.NS. The van der Waals surface area contributed by atoms with Gasteiger partial charge in [-0.1, -0.05) is 95.8 Å². The number of rotatable bonds is 4. The minimum Gasteiger partial charge on any atom is -0.345 e. The van der Waals surface area contributed by atoms with Crippen molar-refractivity contribution in [1.29, 1.82) is 0 Å². The highest BCUT2D eigenvalue weighted by Crippen LogP contribution is 2.41. The van der Waals surface area contributed by atoms with Crippen LogP contribution in [0.1, 0.15) is 70.6 Å². The molecule has 0 spiro atoms. The lowest BCUT2D eigenvalue weighted by molar-refractivity contribution is 0.718. The lowest BCUT2D eigenvalue weighted by Gasteiger charge is -2.33. The van der Waals surface area contributed by atoms with E-state index >= 15 is 0 Å². The van der Waals surface area contributed by atoms with Gasteiger partial charge in [-0.3, -0.25) is 5.14 Å². The van der Waals surface area contributed by atoms with Crippen LogP contribution in [-0.4, -0.2) is 6.54 Å². The molecule has 0 saturated heterocycles. The van der Waals surface area contributed by atoms with Crippen molar-refractivity contribution in [1.82, 2.24) is 0 Å². The molecule has 0 aromatic heterocycles. The molecule has 3 aromatic rings. The van der Waals surface area contributed by atoms with Crippen molar-refractivity contribution in [2.24, 2.45) is 17.0 Å². The number of aryl methyl sites for hydroxylation is 1. The maximum atomic E-state index is 4.38. The number of anilines is 1. The van der Waals surface area contributed by atoms with Crippen molar-refractivity contribution in [3.63, 3.8) is 0 Å². The summed E-state index contributed by atoms with van der Waals surface area (Å²) in [4.78, 5) is 2.48. The molecule has 184 valence electrons. The van der Waals surface area contributed by atoms with Crippen LogP contribution in [0.2, 0.25) is 0 Å². The van der Waals surface area contributed by atoms with E-state index in [9.17, 15) is 0 Å². The Bertz CT molecular complexity index is 1030. The molecule has 1 aliphatic carbocycles. The molecule has 1 aliphatic heterocycles. The van der Waals surface area contributed by atoms with E-state index in [4.69, 9.17) is 0 Å². The molecule has 1 fully saturated rings. The van der Waals surface area contributed by atoms with Gasteiger partial charge in [0.05, 0.1) is 0 Å². The summed E-state index contributed by atoms with van der Waals surface area (Å²) in [6, 6.07) is 22.5. The Hall–Kier alpha value is -2.23. The number of fused-ring (bicyclic) bond motifs is 2. The largest absolute Gasteiger partial charge is 0.345 e. The first kappa shape index (κ1) is 28.0. The Morgan fingerprint density at radius 1 is 0.941 bits per heavy atom. The summed E-state index contributed by atoms with van der Waals surface area (Å²) in [5.74, 6) is 1.57. The lowest BCUT2D eigenvalue weighted by Crippen LogP contribution is -2.29. The summed E-state index contributed by atoms with van der Waals surface area (Å²) >= 11 is 3.03. The Balaban J connectivity index is 0.000000456. The van der Waals surface area contributed by atoms with Crippen molar-refractivity contribution in [2.75, 3.05) is 11.4 Å². The van der Waals surface area contributed by atoms with E-state index in [1.54, 1.807) is 0 Å². The Labute approximate surface area is 213 Å². The third kappa shape index (κ3) is 7.92. The van der Waals surface area contributed by atoms with Gasteiger partial charge < -0.3 is 4.90 Å². The van der Waals surface area contributed by atoms with E-state index in [0.717, 1.165) is 24.8 Å². The second-order valence-electron chi connectivity index (χ2n) is 9.57. The highest BCUT2D eigenvalue weighted by atomic mass is 32.1. The van der Waals surface area contributed by atoms with Gasteiger partial charge in [0.2, 0.25) is 0 Å². The fourth-order valence-electron chi connectivity index (χ4n) is 4.28. The van der Waals surface area contributed by atoms with Gasteiger partial charge in [-0.25, -0.2) is 0 Å². The van der Waals surface area contributed by atoms with E-state index in [2.05, 4.69) is 111 Å². The fourth-order valence-corrected chi connectivity index (χ4v) is 4.28. The molecule has 2 aliphatic rings. The Kier molecular flexibility index (Phi) is 11.7. The first-order valence-electron chi connectivity index (χ1n) is 12.8. The van der Waals surface area contributed by atoms with Gasteiger partial charge in [0.25, 0.3) is 0 Å². The average molecular weight is 477 g/mol. The first-order valence-corrected chi connectivity index (χ1v) is 13.3. The standard InChI is InChI=1S/C25H25N.C4H10.C2H6.H3NS/c1-18(21-11-12-21)26-14-4-7-24-17-20(9-13-25(24)26)15-19-8-10-22-5-2-3-6-23(22)16-19;1-4(2)3;2*1-2/h2-3,5-6,8-10,13,16-17,21H,1,4,7,11-12,14-15H2;4H,1-3H3;1-2H3;2H,1H2. The summed E-state index contributed by atoms with van der Waals surface area (Å²) in [6.45, 7) is 16.0. The summed E-state index contributed by atoms with van der Waals surface area (Å²) in [7, 11) is 0. The molecule has 1 heterocycles. The Morgan fingerprint density at radius 2 is 1.53 bits per heavy atom. The van der Waals surface area contributed by atoms with Crippen LogP contribution in [0.25, 0.3) is 10.8 Å². The van der Waals surface area contributed by atoms with E-state index in [-0.39, 0.29) is 0 Å². The molecule has 2 nitrogen and oxygen atoms in total. The molecule has 3 heteroatoms. The van der Waals surface area contributed by atoms with Crippen molar-refractivity contribution in [3.05, 3.63) is 89.6 Å². The van der Waals surface area contributed by atoms with Crippen LogP contribution in [0.4, 0.5) is 5.69 Å². The molecule has 0 unspecified atom stereocenters. The molecule has 5 rings (SSSR count). The molecule has 1 saturated carbocycles. The highest BCUT2D eigenvalue weighted by Gasteiger charge is 2.30. The second-order valence-corrected chi connectivity index (χ2v) is 9.57. The van der Waals surface area contributed by atoms with E-state index in [0.29, 0.717) is 0 Å². The molecule has 34 heavy (non-hydrogen) atoms. The van der Waals surface area contributed by atoms with E-state index < -0.39 is 0 Å². The van der Waals surface area contributed by atoms with Crippen molar-refractivity contribution >= 4 is 29.3 Å². The number of hydrogen-bond donors (Lipinski definition) is 2. The number of benzene rings is 3. The smallest absolute Gasteiger partial charge is 0.0440 e. The van der Waals surface area contributed by atoms with Crippen molar-refractivity contribution in [3.8, 4) is 0 Å². The molecule has 0 atom stereocenters. The number of thiol groups is 1. The maximum absolute atomic E-state index is 4.38. The van der Waals surface area contributed by atoms with Gasteiger partial charge in [0.1, 0.15) is 0 Å². The summed E-state index contributed by atoms with van der Waals surface area (Å²) in [5, 5.41) is 6.84. The summed E-state index contributed by atoms with van der Waals surface area (Å²) in [5.41, 5.74) is 7.04. The normalized spacial score (nSPS) is 14.1. The second kappa shape index (κ2) is 14.2. The van der Waals surface area contributed by atoms with Gasteiger partial charge in [-0.2, -0.15) is 0 Å². The van der Waals surface area contributed by atoms with Gasteiger partial charge in [0, 0.05) is 17.9 Å². The van der Waals surface area contributed by atoms with Crippen LogP contribution in [0, 0.1) is 11.8 Å². The van der Waals surface area contributed by atoms with Crippen molar-refractivity contribution in [2.45, 2.75) is 66.7 Å². The topological polar surface area (TPSA) is 29.3 Å². The van der Waals surface area contributed by atoms with Crippen LogP contribution in [0.5, 0.6) is 0 Å². The number of hydrogen-bond acceptors (Lipinski definition) is 3. The van der Waals surface area contributed by atoms with Crippen molar-refractivity contribution < 1.29 is 0 Å². The predicted octanol–water partition coefficient (Wildman–Crippen LogP) is 8.59. The maximum Gasteiger partial charge on any atom is 0.0440 e. The Morgan fingerprint density at radius 3 is 2.18 bits per heavy atom. The highest BCUT2D eigenvalue weighted by molar-refractivity contribution is 7.77. The number of nitrogens with zero attached hydrogens (tertiary/aromatic N) is 1. The third-order valence-corrected chi connectivity index (χ3v) is 5.88.